The van der Waals surface area contributed by atoms with Crippen LogP contribution in [0.1, 0.15) is 16.7 Å². The Hall–Kier alpha value is -5.02. The van der Waals surface area contributed by atoms with Crippen molar-refractivity contribution in [2.24, 2.45) is 5.10 Å². The number of nitrogens with zero attached hydrogens (tertiary/aromatic N) is 6. The highest BCUT2D eigenvalue weighted by atomic mass is 35.5. The standard InChI is InChI=1S/C23H17ClN8O4/c1-36-19-8-7-14(9-16(19)12-31-13-18(24)21(30-31)32(34)35)11-26-29-23-27-20(15-5-3-2-4-6-15)17(10-25)22(33)28-23/h2-9,11,13H,12H2,1H3,(H2,27,28,29,33). The Balaban J connectivity index is 1.57. The number of rotatable bonds is 8. The number of hydrazone groups is 1. The van der Waals surface area contributed by atoms with Crippen LogP contribution in [0, 0.1) is 21.4 Å². The summed E-state index contributed by atoms with van der Waals surface area (Å²) in [5.74, 6) is 0.164. The first-order valence-corrected chi connectivity index (χ1v) is 10.7. The molecule has 0 amide bonds. The zero-order chi connectivity index (χ0) is 25.7. The van der Waals surface area contributed by atoms with Gasteiger partial charge in [-0.25, -0.2) is 10.4 Å². The molecular weight excluding hydrogens is 488 g/mol. The zero-order valence-corrected chi connectivity index (χ0v) is 19.4. The van der Waals surface area contributed by atoms with Crippen LogP contribution in [-0.4, -0.2) is 38.0 Å². The van der Waals surface area contributed by atoms with E-state index >= 15 is 0 Å². The van der Waals surface area contributed by atoms with Crippen LogP contribution < -0.4 is 15.7 Å². The summed E-state index contributed by atoms with van der Waals surface area (Å²) >= 11 is 5.88. The van der Waals surface area contributed by atoms with E-state index in [1.165, 1.54) is 24.2 Å². The molecule has 0 bridgehead atoms. The summed E-state index contributed by atoms with van der Waals surface area (Å²) < 4.78 is 6.72. The number of benzene rings is 2. The van der Waals surface area contributed by atoms with Gasteiger partial charge in [0.1, 0.15) is 17.4 Å². The highest BCUT2D eigenvalue weighted by Crippen LogP contribution is 2.25. The van der Waals surface area contributed by atoms with Crippen LogP contribution in [0.2, 0.25) is 5.02 Å². The maximum atomic E-state index is 12.4. The van der Waals surface area contributed by atoms with Gasteiger partial charge in [-0.3, -0.25) is 9.78 Å². The number of H-pyrrole nitrogens is 1. The van der Waals surface area contributed by atoms with E-state index in [9.17, 15) is 20.2 Å². The van der Waals surface area contributed by atoms with Gasteiger partial charge in [0.15, 0.2) is 5.02 Å². The molecule has 36 heavy (non-hydrogen) atoms. The molecule has 2 aromatic heterocycles. The molecule has 4 aromatic rings. The molecule has 4 rings (SSSR count). The van der Waals surface area contributed by atoms with Crippen molar-refractivity contribution in [3.63, 3.8) is 0 Å². The molecule has 0 aliphatic carbocycles. The monoisotopic (exact) mass is 504 g/mol. The second-order valence-electron chi connectivity index (χ2n) is 7.31. The lowest BCUT2D eigenvalue weighted by Gasteiger charge is -2.08. The smallest absolute Gasteiger partial charge is 0.408 e. The molecule has 0 aliphatic heterocycles. The van der Waals surface area contributed by atoms with Crippen molar-refractivity contribution in [2.45, 2.75) is 6.54 Å². The summed E-state index contributed by atoms with van der Waals surface area (Å²) in [6, 6.07) is 16.0. The average molecular weight is 505 g/mol. The molecule has 0 aliphatic rings. The number of halogens is 1. The number of nitrogens with one attached hydrogen (secondary N) is 2. The number of nitriles is 1. The number of ether oxygens (including phenoxy) is 1. The summed E-state index contributed by atoms with van der Waals surface area (Å²) in [5, 5.41) is 28.3. The average Bonchev–Trinajstić information content (AvgIpc) is 3.24. The van der Waals surface area contributed by atoms with Crippen LogP contribution >= 0.6 is 11.6 Å². The van der Waals surface area contributed by atoms with E-state index in [1.807, 2.05) is 12.1 Å². The summed E-state index contributed by atoms with van der Waals surface area (Å²) in [4.78, 5) is 29.5. The van der Waals surface area contributed by atoms with E-state index in [-0.39, 0.29) is 28.8 Å². The van der Waals surface area contributed by atoms with Crippen LogP contribution in [0.3, 0.4) is 0 Å². The maximum Gasteiger partial charge on any atom is 0.408 e. The lowest BCUT2D eigenvalue weighted by Crippen LogP contribution is -2.16. The highest BCUT2D eigenvalue weighted by Gasteiger charge is 2.20. The van der Waals surface area contributed by atoms with Gasteiger partial charge in [0.25, 0.3) is 5.56 Å². The van der Waals surface area contributed by atoms with Crippen LogP contribution in [0.15, 0.2) is 64.6 Å². The zero-order valence-electron chi connectivity index (χ0n) is 18.7. The van der Waals surface area contributed by atoms with Gasteiger partial charge in [-0.1, -0.05) is 41.9 Å². The highest BCUT2D eigenvalue weighted by molar-refractivity contribution is 6.32. The van der Waals surface area contributed by atoms with Gasteiger partial charge < -0.3 is 14.9 Å². The van der Waals surface area contributed by atoms with Crippen LogP contribution in [-0.2, 0) is 6.54 Å². The van der Waals surface area contributed by atoms with Gasteiger partial charge in [0, 0.05) is 11.1 Å². The van der Waals surface area contributed by atoms with Gasteiger partial charge in [0.2, 0.25) is 5.95 Å². The normalized spacial score (nSPS) is 10.8. The molecular formula is C23H17ClN8O4. The SMILES string of the molecule is COc1ccc(C=NNc2nc(-c3ccccc3)c(C#N)c(=O)[nH]2)cc1Cn1cc(Cl)c([N+](=O)[O-])n1. The number of hydrogen-bond acceptors (Lipinski definition) is 9. The Morgan fingerprint density at radius 3 is 2.78 bits per heavy atom. The van der Waals surface area contributed by atoms with E-state index in [0.717, 1.165) is 0 Å². The van der Waals surface area contributed by atoms with Gasteiger partial charge in [0.05, 0.1) is 36.9 Å². The van der Waals surface area contributed by atoms with Crippen LogP contribution in [0.25, 0.3) is 11.3 Å². The molecule has 0 spiro atoms. The van der Waals surface area contributed by atoms with Crippen molar-refractivity contribution in [2.75, 3.05) is 12.5 Å². The van der Waals surface area contributed by atoms with Crippen LogP contribution in [0.4, 0.5) is 11.8 Å². The lowest BCUT2D eigenvalue weighted by atomic mass is 10.1. The number of hydrogen-bond donors (Lipinski definition) is 2. The molecule has 2 N–H and O–H groups in total. The molecule has 12 nitrogen and oxygen atoms in total. The second-order valence-corrected chi connectivity index (χ2v) is 7.72. The Labute approximate surface area is 208 Å². The molecule has 0 saturated heterocycles. The first-order valence-electron chi connectivity index (χ1n) is 10.3. The molecule has 2 aromatic carbocycles. The fraction of sp³-hybridized carbons (Fsp3) is 0.0870. The predicted octanol–water partition coefficient (Wildman–Crippen LogP) is 3.57. The van der Waals surface area contributed by atoms with E-state index in [1.54, 1.807) is 42.5 Å². The first kappa shape index (κ1) is 24.1. The number of nitro groups is 1. The Morgan fingerprint density at radius 1 is 1.33 bits per heavy atom. The van der Waals surface area contributed by atoms with Gasteiger partial charge in [-0.15, -0.1) is 0 Å². The summed E-state index contributed by atoms with van der Waals surface area (Å²) in [6.45, 7) is 0.163. The number of methoxy groups -OCH3 is 1. The molecule has 2 heterocycles. The number of aromatic nitrogens is 4. The van der Waals surface area contributed by atoms with Gasteiger partial charge in [-0.05, 0) is 28.7 Å². The molecule has 0 atom stereocenters. The summed E-state index contributed by atoms with van der Waals surface area (Å²) in [6.07, 6.45) is 2.85. The minimum atomic E-state index is -0.657. The van der Waals surface area contributed by atoms with Crippen molar-refractivity contribution >= 4 is 29.6 Å². The third-order valence-corrected chi connectivity index (χ3v) is 5.24. The predicted molar refractivity (Wildman–Crippen MR) is 132 cm³/mol. The largest absolute Gasteiger partial charge is 0.496 e. The number of anilines is 1. The quantitative estimate of drug-likeness (QED) is 0.209. The second kappa shape index (κ2) is 10.5. The van der Waals surface area contributed by atoms with E-state index in [4.69, 9.17) is 16.3 Å². The molecule has 180 valence electrons. The third-order valence-electron chi connectivity index (χ3n) is 4.97. The topological polar surface area (TPSA) is 164 Å². The third kappa shape index (κ3) is 5.21. The fourth-order valence-electron chi connectivity index (χ4n) is 3.37. The van der Waals surface area contributed by atoms with Crippen LogP contribution in [0.5, 0.6) is 5.75 Å². The summed E-state index contributed by atoms with van der Waals surface area (Å²) in [7, 11) is 1.50. The van der Waals surface area contributed by atoms with Crippen molar-refractivity contribution < 1.29 is 9.66 Å². The first-order chi connectivity index (χ1) is 17.4. The lowest BCUT2D eigenvalue weighted by molar-refractivity contribution is -0.389. The maximum absolute atomic E-state index is 12.4. The van der Waals surface area contributed by atoms with E-state index in [0.29, 0.717) is 22.4 Å². The van der Waals surface area contributed by atoms with Crippen molar-refractivity contribution in [1.82, 2.24) is 19.7 Å². The minimum Gasteiger partial charge on any atom is -0.496 e. The molecule has 0 fully saturated rings. The molecule has 13 heteroatoms. The van der Waals surface area contributed by atoms with Crippen molar-refractivity contribution in [1.29, 1.82) is 5.26 Å². The van der Waals surface area contributed by atoms with Gasteiger partial charge >= 0.3 is 5.82 Å². The van der Waals surface area contributed by atoms with Gasteiger partial charge in [-0.2, -0.15) is 15.0 Å². The Bertz CT molecular complexity index is 1560. The fourth-order valence-corrected chi connectivity index (χ4v) is 3.59. The molecule has 0 radical (unpaired) electrons. The van der Waals surface area contributed by atoms with Crippen molar-refractivity contribution in [3.8, 4) is 23.1 Å². The van der Waals surface area contributed by atoms with E-state index < -0.39 is 16.3 Å². The molecule has 0 saturated carbocycles. The van der Waals surface area contributed by atoms with E-state index in [2.05, 4.69) is 25.6 Å². The molecule has 0 unspecified atom stereocenters. The summed E-state index contributed by atoms with van der Waals surface area (Å²) in [5.41, 5.74) is 4.15. The Morgan fingerprint density at radius 2 is 2.11 bits per heavy atom. The minimum absolute atomic E-state index is 0.0568. The Kier molecular flexibility index (Phi) is 7.03. The number of aromatic amines is 1. The van der Waals surface area contributed by atoms with Crippen molar-refractivity contribution in [3.05, 3.63) is 96.9 Å².